The van der Waals surface area contributed by atoms with E-state index in [1.807, 2.05) is 0 Å². The summed E-state index contributed by atoms with van der Waals surface area (Å²) < 4.78 is 5.58. The first-order chi connectivity index (χ1) is 7.27. The molecule has 0 amide bonds. The highest BCUT2D eigenvalue weighted by Gasteiger charge is 2.28. The van der Waals surface area contributed by atoms with Crippen LogP contribution in [-0.4, -0.2) is 18.8 Å². The van der Waals surface area contributed by atoms with Crippen LogP contribution < -0.4 is 11.3 Å². The molecule has 0 aliphatic carbocycles. The van der Waals surface area contributed by atoms with Gasteiger partial charge in [0.25, 0.3) is 0 Å². The van der Waals surface area contributed by atoms with E-state index in [2.05, 4.69) is 19.3 Å². The third-order valence-corrected chi connectivity index (χ3v) is 3.38. The van der Waals surface area contributed by atoms with E-state index in [4.69, 9.17) is 10.6 Å². The Morgan fingerprint density at radius 2 is 2.20 bits per heavy atom. The van der Waals surface area contributed by atoms with Gasteiger partial charge in [-0.25, -0.2) is 0 Å². The standard InChI is InChI=1S/C12H26N2O/c1-3-4-5-6-7-12(14-13)11-8-10(2)15-9-11/h10-12,14H,3-9,13H2,1-2H3. The van der Waals surface area contributed by atoms with Gasteiger partial charge >= 0.3 is 0 Å². The molecule has 1 aliphatic rings. The average Bonchev–Trinajstić information content (AvgIpc) is 2.65. The van der Waals surface area contributed by atoms with Crippen molar-refractivity contribution in [3.8, 4) is 0 Å². The second kappa shape index (κ2) is 7.20. The van der Waals surface area contributed by atoms with Gasteiger partial charge in [-0.2, -0.15) is 0 Å². The number of hydrazine groups is 1. The van der Waals surface area contributed by atoms with Crippen molar-refractivity contribution in [2.24, 2.45) is 11.8 Å². The van der Waals surface area contributed by atoms with Crippen LogP contribution in [0.3, 0.4) is 0 Å². The van der Waals surface area contributed by atoms with Crippen molar-refractivity contribution in [2.45, 2.75) is 64.5 Å². The normalized spacial score (nSPS) is 28.2. The zero-order valence-corrected chi connectivity index (χ0v) is 10.2. The van der Waals surface area contributed by atoms with E-state index in [9.17, 15) is 0 Å². The Labute approximate surface area is 93.7 Å². The van der Waals surface area contributed by atoms with Crippen molar-refractivity contribution in [1.29, 1.82) is 0 Å². The number of ether oxygens (including phenoxy) is 1. The molecule has 0 aromatic heterocycles. The molecule has 0 aromatic carbocycles. The molecular formula is C12H26N2O. The number of rotatable bonds is 7. The fourth-order valence-corrected chi connectivity index (χ4v) is 2.38. The summed E-state index contributed by atoms with van der Waals surface area (Å²) in [6.07, 6.45) is 8.02. The SMILES string of the molecule is CCCCCCC(NN)C1COC(C)C1. The molecule has 15 heavy (non-hydrogen) atoms. The first kappa shape index (κ1) is 12.9. The highest BCUT2D eigenvalue weighted by molar-refractivity contribution is 4.80. The molecule has 3 nitrogen and oxygen atoms in total. The van der Waals surface area contributed by atoms with Gasteiger partial charge in [0.15, 0.2) is 0 Å². The van der Waals surface area contributed by atoms with Crippen LogP contribution in [0.2, 0.25) is 0 Å². The molecule has 0 saturated carbocycles. The molecule has 0 radical (unpaired) electrons. The fraction of sp³-hybridized carbons (Fsp3) is 1.00. The van der Waals surface area contributed by atoms with Gasteiger partial charge in [-0.15, -0.1) is 0 Å². The van der Waals surface area contributed by atoms with Crippen LogP contribution in [0.5, 0.6) is 0 Å². The van der Waals surface area contributed by atoms with Crippen molar-refractivity contribution >= 4 is 0 Å². The van der Waals surface area contributed by atoms with E-state index in [1.54, 1.807) is 0 Å². The molecule has 3 atom stereocenters. The molecule has 1 saturated heterocycles. The number of nitrogens with two attached hydrogens (primary N) is 1. The van der Waals surface area contributed by atoms with Crippen molar-refractivity contribution in [3.05, 3.63) is 0 Å². The Morgan fingerprint density at radius 1 is 1.40 bits per heavy atom. The lowest BCUT2D eigenvalue weighted by Gasteiger charge is -2.21. The zero-order valence-electron chi connectivity index (χ0n) is 10.2. The molecule has 0 aromatic rings. The van der Waals surface area contributed by atoms with Crippen LogP contribution in [0.1, 0.15) is 52.4 Å². The van der Waals surface area contributed by atoms with Crippen molar-refractivity contribution in [3.63, 3.8) is 0 Å². The van der Waals surface area contributed by atoms with E-state index in [-0.39, 0.29) is 0 Å². The summed E-state index contributed by atoms with van der Waals surface area (Å²) in [5.74, 6) is 6.22. The Morgan fingerprint density at radius 3 is 2.73 bits per heavy atom. The minimum absolute atomic E-state index is 0.418. The van der Waals surface area contributed by atoms with Crippen molar-refractivity contribution < 1.29 is 4.74 Å². The summed E-state index contributed by atoms with van der Waals surface area (Å²) in [7, 11) is 0. The van der Waals surface area contributed by atoms with Crippen molar-refractivity contribution in [1.82, 2.24) is 5.43 Å². The average molecular weight is 214 g/mol. The molecule has 3 heteroatoms. The predicted molar refractivity (Wildman–Crippen MR) is 63.4 cm³/mol. The lowest BCUT2D eigenvalue weighted by atomic mass is 9.93. The van der Waals surface area contributed by atoms with E-state index in [0.717, 1.165) is 13.0 Å². The van der Waals surface area contributed by atoms with Crippen molar-refractivity contribution in [2.75, 3.05) is 6.61 Å². The Hall–Kier alpha value is -0.120. The summed E-state index contributed by atoms with van der Waals surface area (Å²) in [5, 5.41) is 0. The molecule has 0 spiro atoms. The minimum atomic E-state index is 0.418. The topological polar surface area (TPSA) is 47.3 Å². The molecule has 90 valence electrons. The maximum Gasteiger partial charge on any atom is 0.0551 e. The summed E-state index contributed by atoms with van der Waals surface area (Å²) in [4.78, 5) is 0. The molecule has 1 aliphatic heterocycles. The number of unbranched alkanes of at least 4 members (excludes halogenated alkanes) is 3. The monoisotopic (exact) mass is 214 g/mol. The van der Waals surface area contributed by atoms with Crippen LogP contribution in [0, 0.1) is 5.92 Å². The van der Waals surface area contributed by atoms with Crippen LogP contribution >= 0.6 is 0 Å². The molecule has 3 unspecified atom stereocenters. The van der Waals surface area contributed by atoms with Gasteiger partial charge in [-0.05, 0) is 19.8 Å². The summed E-state index contributed by atoms with van der Waals surface area (Å²) in [5.41, 5.74) is 2.96. The molecular weight excluding hydrogens is 188 g/mol. The highest BCUT2D eigenvalue weighted by atomic mass is 16.5. The third kappa shape index (κ3) is 4.49. The van der Waals surface area contributed by atoms with Crippen LogP contribution in [0.4, 0.5) is 0 Å². The van der Waals surface area contributed by atoms with Gasteiger partial charge in [0, 0.05) is 12.0 Å². The Balaban J connectivity index is 2.17. The maximum atomic E-state index is 5.61. The fourth-order valence-electron chi connectivity index (χ4n) is 2.38. The van der Waals surface area contributed by atoms with Gasteiger partial charge in [0.2, 0.25) is 0 Å². The van der Waals surface area contributed by atoms with Crippen LogP contribution in [-0.2, 0) is 4.74 Å². The number of hydrogen-bond donors (Lipinski definition) is 2. The second-order valence-electron chi connectivity index (χ2n) is 4.76. The summed E-state index contributed by atoms with van der Waals surface area (Å²) in [6, 6.07) is 0.451. The minimum Gasteiger partial charge on any atom is -0.378 e. The van der Waals surface area contributed by atoms with Gasteiger partial charge < -0.3 is 4.74 Å². The number of nitrogens with one attached hydrogen (secondary N) is 1. The number of hydrogen-bond acceptors (Lipinski definition) is 3. The molecule has 1 rings (SSSR count). The quantitative estimate of drug-likeness (QED) is 0.388. The maximum absolute atomic E-state index is 5.61. The van der Waals surface area contributed by atoms with Gasteiger partial charge in [-0.3, -0.25) is 11.3 Å². The lowest BCUT2D eigenvalue weighted by Crippen LogP contribution is -2.41. The molecule has 1 fully saturated rings. The van der Waals surface area contributed by atoms with Gasteiger partial charge in [-0.1, -0.05) is 32.6 Å². The Kier molecular flexibility index (Phi) is 6.22. The molecule has 1 heterocycles. The van der Waals surface area contributed by atoms with Crippen LogP contribution in [0.25, 0.3) is 0 Å². The van der Waals surface area contributed by atoms with E-state index >= 15 is 0 Å². The molecule has 3 N–H and O–H groups in total. The first-order valence-corrected chi connectivity index (χ1v) is 6.35. The van der Waals surface area contributed by atoms with Gasteiger partial charge in [0.1, 0.15) is 0 Å². The smallest absolute Gasteiger partial charge is 0.0551 e. The second-order valence-corrected chi connectivity index (χ2v) is 4.76. The predicted octanol–water partition coefficient (Wildman–Crippen LogP) is 2.21. The van der Waals surface area contributed by atoms with E-state index < -0.39 is 0 Å². The van der Waals surface area contributed by atoms with Crippen LogP contribution in [0.15, 0.2) is 0 Å². The summed E-state index contributed by atoms with van der Waals surface area (Å²) in [6.45, 7) is 5.26. The van der Waals surface area contributed by atoms with E-state index in [0.29, 0.717) is 18.1 Å². The van der Waals surface area contributed by atoms with Gasteiger partial charge in [0.05, 0.1) is 12.7 Å². The summed E-state index contributed by atoms with van der Waals surface area (Å²) >= 11 is 0. The Bertz CT molecular complexity index is 164. The first-order valence-electron chi connectivity index (χ1n) is 6.35. The third-order valence-electron chi connectivity index (χ3n) is 3.38. The zero-order chi connectivity index (χ0) is 11.1. The largest absolute Gasteiger partial charge is 0.378 e. The highest BCUT2D eigenvalue weighted by Crippen LogP contribution is 2.24. The lowest BCUT2D eigenvalue weighted by molar-refractivity contribution is 0.116. The van der Waals surface area contributed by atoms with E-state index in [1.165, 1.54) is 32.1 Å². The molecule has 0 bridgehead atoms.